The van der Waals surface area contributed by atoms with E-state index in [2.05, 4.69) is 35.6 Å². The Bertz CT molecular complexity index is 298. The minimum atomic E-state index is 0.242. The van der Waals surface area contributed by atoms with Crippen LogP contribution in [0.2, 0.25) is 0 Å². The van der Waals surface area contributed by atoms with Gasteiger partial charge in [-0.3, -0.25) is 0 Å². The fraction of sp³-hybridized carbons (Fsp3) is 0.750. The Morgan fingerprint density at radius 3 is 2.81 bits per heavy atom. The van der Waals surface area contributed by atoms with E-state index in [9.17, 15) is 0 Å². The van der Waals surface area contributed by atoms with Crippen LogP contribution in [0, 0.1) is 0 Å². The standard InChI is InChI=1S/C12H23N3O/c1-5-13-11(9-10(3)16-4)12-14-7-8-15(12)6-2/h7-8,10-11,13H,5-6,9H2,1-4H3. The van der Waals surface area contributed by atoms with Crippen molar-refractivity contribution in [1.29, 1.82) is 0 Å². The number of methoxy groups -OCH3 is 1. The second-order valence-electron chi connectivity index (χ2n) is 3.96. The molecule has 2 unspecified atom stereocenters. The summed E-state index contributed by atoms with van der Waals surface area (Å²) in [6, 6.07) is 0.273. The SMILES string of the molecule is CCNC(CC(C)OC)c1nccn1CC. The molecule has 1 aromatic rings. The number of nitrogens with one attached hydrogen (secondary N) is 1. The highest BCUT2D eigenvalue weighted by Crippen LogP contribution is 2.18. The Labute approximate surface area is 98.0 Å². The predicted octanol–water partition coefficient (Wildman–Crippen LogP) is 1.98. The summed E-state index contributed by atoms with van der Waals surface area (Å²) >= 11 is 0. The summed E-state index contributed by atoms with van der Waals surface area (Å²) in [5.41, 5.74) is 0. The normalized spacial score (nSPS) is 15.0. The molecule has 0 radical (unpaired) electrons. The predicted molar refractivity (Wildman–Crippen MR) is 65.4 cm³/mol. The molecule has 0 amide bonds. The van der Waals surface area contributed by atoms with E-state index >= 15 is 0 Å². The number of rotatable bonds is 7. The molecule has 92 valence electrons. The number of nitrogens with zero attached hydrogens (tertiary/aromatic N) is 2. The summed E-state index contributed by atoms with van der Waals surface area (Å²) in [4.78, 5) is 4.44. The van der Waals surface area contributed by atoms with Gasteiger partial charge < -0.3 is 14.6 Å². The van der Waals surface area contributed by atoms with Gasteiger partial charge in [0.05, 0.1) is 12.1 Å². The van der Waals surface area contributed by atoms with Gasteiger partial charge >= 0.3 is 0 Å². The molecule has 0 bridgehead atoms. The van der Waals surface area contributed by atoms with E-state index in [4.69, 9.17) is 4.74 Å². The number of hydrogen-bond donors (Lipinski definition) is 1. The summed E-state index contributed by atoms with van der Waals surface area (Å²) in [7, 11) is 1.75. The van der Waals surface area contributed by atoms with Crippen molar-refractivity contribution in [3.8, 4) is 0 Å². The Morgan fingerprint density at radius 2 is 2.25 bits per heavy atom. The van der Waals surface area contributed by atoms with Crippen LogP contribution in [0.5, 0.6) is 0 Å². The maximum atomic E-state index is 5.32. The molecule has 0 aromatic carbocycles. The van der Waals surface area contributed by atoms with Crippen LogP contribution in [0.3, 0.4) is 0 Å². The molecule has 4 nitrogen and oxygen atoms in total. The molecule has 1 rings (SSSR count). The molecule has 1 heterocycles. The third kappa shape index (κ3) is 3.32. The number of ether oxygens (including phenoxy) is 1. The van der Waals surface area contributed by atoms with Crippen molar-refractivity contribution in [3.63, 3.8) is 0 Å². The summed E-state index contributed by atoms with van der Waals surface area (Å²) in [6.07, 6.45) is 5.07. The highest BCUT2D eigenvalue weighted by Gasteiger charge is 2.18. The summed E-state index contributed by atoms with van der Waals surface area (Å²) in [5, 5.41) is 3.46. The van der Waals surface area contributed by atoms with Gasteiger partial charge in [-0.15, -0.1) is 0 Å². The third-order valence-corrected chi connectivity index (χ3v) is 2.82. The van der Waals surface area contributed by atoms with Gasteiger partial charge in [-0.25, -0.2) is 4.98 Å². The minimum absolute atomic E-state index is 0.242. The molecule has 0 fully saturated rings. The molecule has 0 aliphatic heterocycles. The van der Waals surface area contributed by atoms with Crippen LogP contribution in [0.25, 0.3) is 0 Å². The second kappa shape index (κ2) is 6.66. The van der Waals surface area contributed by atoms with Gasteiger partial charge in [0.15, 0.2) is 0 Å². The molecule has 0 aliphatic carbocycles. The summed E-state index contributed by atoms with van der Waals surface area (Å²) in [5.74, 6) is 1.10. The first kappa shape index (κ1) is 13.2. The average molecular weight is 225 g/mol. The van der Waals surface area contributed by atoms with Gasteiger partial charge in [-0.2, -0.15) is 0 Å². The van der Waals surface area contributed by atoms with Crippen molar-refractivity contribution in [2.45, 2.75) is 45.9 Å². The summed E-state index contributed by atoms with van der Waals surface area (Å²) in [6.45, 7) is 8.23. The van der Waals surface area contributed by atoms with Gasteiger partial charge in [-0.1, -0.05) is 6.92 Å². The van der Waals surface area contributed by atoms with E-state index in [-0.39, 0.29) is 12.1 Å². The van der Waals surface area contributed by atoms with Gasteiger partial charge in [0.1, 0.15) is 5.82 Å². The fourth-order valence-electron chi connectivity index (χ4n) is 1.85. The number of aryl methyl sites for hydroxylation is 1. The Hall–Kier alpha value is -0.870. The van der Waals surface area contributed by atoms with Crippen LogP contribution in [0.4, 0.5) is 0 Å². The van der Waals surface area contributed by atoms with Crippen LogP contribution >= 0.6 is 0 Å². The van der Waals surface area contributed by atoms with E-state index in [1.807, 2.05) is 12.4 Å². The van der Waals surface area contributed by atoms with E-state index in [0.717, 1.165) is 25.3 Å². The maximum Gasteiger partial charge on any atom is 0.125 e. The molecule has 1 aromatic heterocycles. The van der Waals surface area contributed by atoms with Crippen molar-refractivity contribution < 1.29 is 4.74 Å². The number of hydrogen-bond acceptors (Lipinski definition) is 3. The smallest absolute Gasteiger partial charge is 0.125 e. The van der Waals surface area contributed by atoms with Gasteiger partial charge in [0.2, 0.25) is 0 Å². The lowest BCUT2D eigenvalue weighted by Gasteiger charge is -2.21. The molecule has 0 saturated carbocycles. The lowest BCUT2D eigenvalue weighted by atomic mass is 10.1. The van der Waals surface area contributed by atoms with Crippen molar-refractivity contribution >= 4 is 0 Å². The third-order valence-electron chi connectivity index (χ3n) is 2.82. The first-order chi connectivity index (χ1) is 7.72. The average Bonchev–Trinajstić information content (AvgIpc) is 2.76. The first-order valence-corrected chi connectivity index (χ1v) is 6.00. The van der Waals surface area contributed by atoms with E-state index in [0.29, 0.717) is 0 Å². The molecule has 16 heavy (non-hydrogen) atoms. The van der Waals surface area contributed by atoms with Gasteiger partial charge in [0, 0.05) is 26.0 Å². The van der Waals surface area contributed by atoms with Crippen molar-refractivity contribution in [2.75, 3.05) is 13.7 Å². The van der Waals surface area contributed by atoms with Crippen LogP contribution in [0.15, 0.2) is 12.4 Å². The van der Waals surface area contributed by atoms with E-state index in [1.54, 1.807) is 7.11 Å². The van der Waals surface area contributed by atoms with E-state index in [1.165, 1.54) is 0 Å². The van der Waals surface area contributed by atoms with Gasteiger partial charge in [0.25, 0.3) is 0 Å². The van der Waals surface area contributed by atoms with Crippen molar-refractivity contribution in [2.24, 2.45) is 0 Å². The number of imidazole rings is 1. The fourth-order valence-corrected chi connectivity index (χ4v) is 1.85. The van der Waals surface area contributed by atoms with E-state index < -0.39 is 0 Å². The molecule has 1 N–H and O–H groups in total. The van der Waals surface area contributed by atoms with Crippen LogP contribution in [-0.4, -0.2) is 29.3 Å². The molecule has 0 aliphatic rings. The summed E-state index contributed by atoms with van der Waals surface area (Å²) < 4.78 is 7.50. The Morgan fingerprint density at radius 1 is 1.50 bits per heavy atom. The quantitative estimate of drug-likeness (QED) is 0.771. The zero-order valence-electron chi connectivity index (χ0n) is 10.7. The first-order valence-electron chi connectivity index (χ1n) is 6.00. The Balaban J connectivity index is 2.76. The molecule has 0 saturated heterocycles. The number of aromatic nitrogens is 2. The minimum Gasteiger partial charge on any atom is -0.382 e. The molecular formula is C12H23N3O. The lowest BCUT2D eigenvalue weighted by molar-refractivity contribution is 0.0991. The maximum absolute atomic E-state index is 5.32. The molecule has 0 spiro atoms. The monoisotopic (exact) mass is 225 g/mol. The van der Waals surface area contributed by atoms with Crippen LogP contribution in [0.1, 0.15) is 39.1 Å². The van der Waals surface area contributed by atoms with Gasteiger partial charge in [-0.05, 0) is 26.8 Å². The second-order valence-corrected chi connectivity index (χ2v) is 3.96. The molecule has 2 atom stereocenters. The molecule has 4 heteroatoms. The Kier molecular flexibility index (Phi) is 5.49. The van der Waals surface area contributed by atoms with Crippen molar-refractivity contribution in [3.05, 3.63) is 18.2 Å². The zero-order chi connectivity index (χ0) is 12.0. The zero-order valence-corrected chi connectivity index (χ0v) is 10.7. The lowest BCUT2D eigenvalue weighted by Crippen LogP contribution is -2.27. The van der Waals surface area contributed by atoms with Crippen LogP contribution in [-0.2, 0) is 11.3 Å². The molecular weight excluding hydrogens is 202 g/mol. The van der Waals surface area contributed by atoms with Crippen LogP contribution < -0.4 is 5.32 Å². The highest BCUT2D eigenvalue weighted by molar-refractivity contribution is 5.00. The highest BCUT2D eigenvalue weighted by atomic mass is 16.5. The topological polar surface area (TPSA) is 39.1 Å². The largest absolute Gasteiger partial charge is 0.382 e. The van der Waals surface area contributed by atoms with Crippen molar-refractivity contribution in [1.82, 2.24) is 14.9 Å².